The van der Waals surface area contributed by atoms with Crippen LogP contribution in [-0.4, -0.2) is 0 Å². The zero-order valence-corrected chi connectivity index (χ0v) is 13.8. The summed E-state index contributed by atoms with van der Waals surface area (Å²) < 4.78 is 41.9. The molecule has 1 nitrogen and oxygen atoms in total. The minimum Gasteiger partial charge on any atom is -0.318 e. The summed E-state index contributed by atoms with van der Waals surface area (Å²) in [5, 5.41) is -0.181. The molecule has 0 spiro atoms. The molecule has 1 unspecified atom stereocenters. The first-order valence-corrected chi connectivity index (χ1v) is 7.29. The van der Waals surface area contributed by atoms with Crippen molar-refractivity contribution in [1.29, 1.82) is 0 Å². The molecule has 0 bridgehead atoms. The Kier molecular flexibility index (Phi) is 4.59. The zero-order valence-electron chi connectivity index (χ0n) is 10.7. The summed E-state index contributed by atoms with van der Waals surface area (Å²) in [5.41, 5.74) is 3.99. The van der Waals surface area contributed by atoms with E-state index in [2.05, 4.69) is 15.9 Å². The van der Waals surface area contributed by atoms with Crippen LogP contribution in [0.15, 0.2) is 28.7 Å². The van der Waals surface area contributed by atoms with Gasteiger partial charge in [-0.15, -0.1) is 0 Å². The molecule has 112 valence electrons. The molecule has 7 heteroatoms. The highest BCUT2D eigenvalue weighted by molar-refractivity contribution is 9.10. The fourth-order valence-corrected chi connectivity index (χ4v) is 2.97. The van der Waals surface area contributed by atoms with E-state index < -0.39 is 28.6 Å². The van der Waals surface area contributed by atoms with E-state index in [9.17, 15) is 13.2 Å². The Labute approximate surface area is 138 Å². The molecule has 0 saturated heterocycles. The van der Waals surface area contributed by atoms with Crippen LogP contribution in [0.1, 0.15) is 18.1 Å². The first kappa shape index (κ1) is 16.6. The van der Waals surface area contributed by atoms with Crippen LogP contribution in [0, 0.1) is 17.5 Å². The van der Waals surface area contributed by atoms with Gasteiger partial charge in [-0.25, -0.2) is 13.2 Å². The highest BCUT2D eigenvalue weighted by Gasteiger charge is 2.34. The number of hydrogen-bond acceptors (Lipinski definition) is 1. The topological polar surface area (TPSA) is 26.0 Å². The summed E-state index contributed by atoms with van der Waals surface area (Å²) in [6.07, 6.45) is 0. The van der Waals surface area contributed by atoms with Crippen molar-refractivity contribution in [1.82, 2.24) is 0 Å². The van der Waals surface area contributed by atoms with Crippen LogP contribution in [0.25, 0.3) is 0 Å². The van der Waals surface area contributed by atoms with Crippen molar-refractivity contribution in [2.45, 2.75) is 12.5 Å². The smallest absolute Gasteiger partial charge is 0.145 e. The van der Waals surface area contributed by atoms with Crippen LogP contribution >= 0.6 is 39.1 Å². The molecular formula is C14H9BrCl2F3N. The lowest BCUT2D eigenvalue weighted by Crippen LogP contribution is -2.37. The first-order valence-electron chi connectivity index (χ1n) is 5.74. The Hall–Kier alpha value is -0.750. The van der Waals surface area contributed by atoms with Crippen LogP contribution < -0.4 is 5.73 Å². The van der Waals surface area contributed by atoms with Crippen LogP contribution in [0.5, 0.6) is 0 Å². The standard InChI is InChI=1S/C14H9BrCl2F3N/c1-14(21,6-4-11(19)9(17)5-8(6)16)12-10(18)3-2-7(15)13(12)20/h2-5H,21H2,1H3. The molecule has 0 fully saturated rings. The van der Waals surface area contributed by atoms with Gasteiger partial charge in [-0.2, -0.15) is 0 Å². The molecule has 1 atom stereocenters. The minimum atomic E-state index is -1.68. The molecule has 2 aromatic carbocycles. The summed E-state index contributed by atoms with van der Waals surface area (Å²) >= 11 is 14.6. The second kappa shape index (κ2) is 5.80. The third kappa shape index (κ3) is 2.93. The van der Waals surface area contributed by atoms with Gasteiger partial charge in [-0.3, -0.25) is 0 Å². The zero-order chi connectivity index (χ0) is 15.9. The third-order valence-electron chi connectivity index (χ3n) is 3.13. The van der Waals surface area contributed by atoms with Crippen molar-refractivity contribution in [2.75, 3.05) is 0 Å². The van der Waals surface area contributed by atoms with E-state index in [-0.39, 0.29) is 20.1 Å². The Bertz CT molecular complexity index is 720. The maximum Gasteiger partial charge on any atom is 0.145 e. The molecular weight excluding hydrogens is 390 g/mol. The highest BCUT2D eigenvalue weighted by Crippen LogP contribution is 2.38. The van der Waals surface area contributed by atoms with Crippen LogP contribution in [0.3, 0.4) is 0 Å². The molecule has 21 heavy (non-hydrogen) atoms. The average molecular weight is 399 g/mol. The molecule has 0 saturated carbocycles. The second-order valence-electron chi connectivity index (χ2n) is 4.67. The highest BCUT2D eigenvalue weighted by atomic mass is 79.9. The Morgan fingerprint density at radius 3 is 2.29 bits per heavy atom. The lowest BCUT2D eigenvalue weighted by Gasteiger charge is -2.28. The number of benzene rings is 2. The molecule has 0 heterocycles. The van der Waals surface area contributed by atoms with Crippen molar-refractivity contribution < 1.29 is 13.2 Å². The first-order chi connectivity index (χ1) is 9.66. The van der Waals surface area contributed by atoms with Crippen molar-refractivity contribution in [3.8, 4) is 0 Å². The maximum atomic E-state index is 14.2. The van der Waals surface area contributed by atoms with Gasteiger partial charge in [0.15, 0.2) is 0 Å². The van der Waals surface area contributed by atoms with Crippen molar-refractivity contribution in [2.24, 2.45) is 5.73 Å². The van der Waals surface area contributed by atoms with Crippen molar-refractivity contribution in [3.63, 3.8) is 0 Å². The molecule has 2 N–H and O–H groups in total. The van der Waals surface area contributed by atoms with E-state index in [4.69, 9.17) is 28.9 Å². The van der Waals surface area contributed by atoms with Gasteiger partial charge in [-0.1, -0.05) is 23.2 Å². The SMILES string of the molecule is CC(N)(c1cc(F)c(Cl)cc1Cl)c1c(F)ccc(Br)c1F. The minimum absolute atomic E-state index is 0.0187. The molecule has 0 amide bonds. The van der Waals surface area contributed by atoms with Crippen molar-refractivity contribution >= 4 is 39.1 Å². The third-order valence-corrected chi connectivity index (χ3v) is 4.35. The van der Waals surface area contributed by atoms with Gasteiger partial charge >= 0.3 is 0 Å². The fourth-order valence-electron chi connectivity index (χ4n) is 2.06. The van der Waals surface area contributed by atoms with E-state index in [1.807, 2.05) is 0 Å². The largest absolute Gasteiger partial charge is 0.318 e. The molecule has 0 aromatic heterocycles. The van der Waals surface area contributed by atoms with Crippen LogP contribution in [0.4, 0.5) is 13.2 Å². The monoisotopic (exact) mass is 397 g/mol. The van der Waals surface area contributed by atoms with Gasteiger partial charge in [0.2, 0.25) is 0 Å². The number of rotatable bonds is 2. The van der Waals surface area contributed by atoms with Crippen LogP contribution in [-0.2, 0) is 5.54 Å². The van der Waals surface area contributed by atoms with E-state index in [1.165, 1.54) is 13.0 Å². The molecule has 2 aromatic rings. The van der Waals surface area contributed by atoms with Crippen molar-refractivity contribution in [3.05, 3.63) is 67.4 Å². The maximum absolute atomic E-state index is 14.2. The lowest BCUT2D eigenvalue weighted by atomic mass is 9.85. The summed E-state index contributed by atoms with van der Waals surface area (Å²) in [6.45, 7) is 1.34. The number of halogens is 6. The summed E-state index contributed by atoms with van der Waals surface area (Å²) in [4.78, 5) is 0. The molecule has 0 aliphatic heterocycles. The van der Waals surface area contributed by atoms with E-state index >= 15 is 0 Å². The van der Waals surface area contributed by atoms with Gasteiger partial charge in [0.05, 0.1) is 15.0 Å². The van der Waals surface area contributed by atoms with E-state index in [1.54, 1.807) is 0 Å². The fraction of sp³-hybridized carbons (Fsp3) is 0.143. The summed E-state index contributed by atoms with van der Waals surface area (Å²) in [7, 11) is 0. The van der Waals surface area contributed by atoms with E-state index in [0.717, 1.165) is 18.2 Å². The molecule has 0 aliphatic rings. The Morgan fingerprint density at radius 2 is 1.67 bits per heavy atom. The predicted molar refractivity (Wildman–Crippen MR) is 81.1 cm³/mol. The number of hydrogen-bond donors (Lipinski definition) is 1. The van der Waals surface area contributed by atoms with Gasteiger partial charge in [0.1, 0.15) is 17.5 Å². The normalized spacial score (nSPS) is 14.1. The van der Waals surface area contributed by atoms with E-state index in [0.29, 0.717) is 0 Å². The second-order valence-corrected chi connectivity index (χ2v) is 6.34. The Morgan fingerprint density at radius 1 is 1.05 bits per heavy atom. The van der Waals surface area contributed by atoms with Crippen LogP contribution in [0.2, 0.25) is 10.0 Å². The quantitative estimate of drug-likeness (QED) is 0.673. The van der Waals surface area contributed by atoms with Gasteiger partial charge < -0.3 is 5.73 Å². The molecule has 0 radical (unpaired) electrons. The van der Waals surface area contributed by atoms with Gasteiger partial charge in [0.25, 0.3) is 0 Å². The summed E-state index contributed by atoms with van der Waals surface area (Å²) in [5.74, 6) is -2.50. The predicted octanol–water partition coefficient (Wildman–Crippen LogP) is 5.40. The Balaban J connectivity index is 2.74. The molecule has 2 rings (SSSR count). The molecule has 0 aliphatic carbocycles. The lowest BCUT2D eigenvalue weighted by molar-refractivity contribution is 0.477. The van der Waals surface area contributed by atoms with Gasteiger partial charge in [-0.05, 0) is 52.7 Å². The number of nitrogens with two attached hydrogens (primary N) is 1. The summed E-state index contributed by atoms with van der Waals surface area (Å²) in [6, 6.07) is 4.40. The van der Waals surface area contributed by atoms with Gasteiger partial charge in [0, 0.05) is 10.6 Å². The average Bonchev–Trinajstić information content (AvgIpc) is 2.38.